The Bertz CT molecular complexity index is 456. The van der Waals surface area contributed by atoms with Gasteiger partial charge in [-0.25, -0.2) is 14.0 Å². The zero-order valence-electron chi connectivity index (χ0n) is 10.4. The Hall–Kier alpha value is -1.76. The summed E-state index contributed by atoms with van der Waals surface area (Å²) < 4.78 is 13.3. The fraction of sp³-hybridized carbons (Fsp3) is 0.333. The molecule has 5 nitrogen and oxygen atoms in total. The first kappa shape index (κ1) is 15.3. The first-order valence-electron chi connectivity index (χ1n) is 5.58. The summed E-state index contributed by atoms with van der Waals surface area (Å²) in [5.74, 6) is -1.08. The Balaban J connectivity index is 2.58. The van der Waals surface area contributed by atoms with Crippen molar-refractivity contribution in [2.45, 2.75) is 12.5 Å². The zero-order valence-corrected chi connectivity index (χ0v) is 11.2. The lowest BCUT2D eigenvalue weighted by Crippen LogP contribution is -2.43. The van der Waals surface area contributed by atoms with Gasteiger partial charge in [0.25, 0.3) is 0 Å². The summed E-state index contributed by atoms with van der Waals surface area (Å²) in [4.78, 5) is 22.5. The van der Waals surface area contributed by atoms with Crippen LogP contribution in [0.15, 0.2) is 24.3 Å². The largest absolute Gasteiger partial charge is 0.480 e. The van der Waals surface area contributed by atoms with Crippen LogP contribution in [-0.2, 0) is 4.79 Å². The van der Waals surface area contributed by atoms with Gasteiger partial charge in [0.1, 0.15) is 11.9 Å². The number of carboxylic acids is 1. The normalized spacial score (nSPS) is 11.7. The Labute approximate surface area is 114 Å². The minimum atomic E-state index is -1.11. The molecule has 19 heavy (non-hydrogen) atoms. The Morgan fingerprint density at radius 2 is 2.11 bits per heavy atom. The minimum Gasteiger partial charge on any atom is -0.480 e. The number of urea groups is 1. The molecule has 1 rings (SSSR count). The minimum absolute atomic E-state index is 0.00834. The Morgan fingerprint density at radius 3 is 2.68 bits per heavy atom. The van der Waals surface area contributed by atoms with E-state index in [9.17, 15) is 14.0 Å². The molecule has 0 aliphatic rings. The fourth-order valence-electron chi connectivity index (χ4n) is 1.37. The zero-order chi connectivity index (χ0) is 14.3. The summed E-state index contributed by atoms with van der Waals surface area (Å²) in [6.07, 6.45) is 2.15. The van der Waals surface area contributed by atoms with E-state index in [0.29, 0.717) is 12.2 Å². The van der Waals surface area contributed by atoms with E-state index in [0.717, 1.165) is 0 Å². The van der Waals surface area contributed by atoms with Crippen LogP contribution >= 0.6 is 11.8 Å². The topological polar surface area (TPSA) is 78.4 Å². The van der Waals surface area contributed by atoms with Gasteiger partial charge >= 0.3 is 12.0 Å². The first-order chi connectivity index (χ1) is 9.04. The number of benzene rings is 1. The second kappa shape index (κ2) is 7.63. The van der Waals surface area contributed by atoms with Crippen LogP contribution in [0, 0.1) is 5.82 Å². The molecule has 1 aromatic carbocycles. The predicted molar refractivity (Wildman–Crippen MR) is 73.0 cm³/mol. The van der Waals surface area contributed by atoms with Crippen LogP contribution in [0.3, 0.4) is 0 Å². The van der Waals surface area contributed by atoms with Crippen molar-refractivity contribution < 1.29 is 19.1 Å². The molecule has 2 amide bonds. The molecule has 0 aromatic heterocycles. The summed E-state index contributed by atoms with van der Waals surface area (Å²) in [5, 5.41) is 13.5. The number of halogens is 1. The van der Waals surface area contributed by atoms with Crippen molar-refractivity contribution in [3.8, 4) is 0 Å². The molecule has 0 spiro atoms. The van der Waals surface area contributed by atoms with E-state index in [1.54, 1.807) is 6.07 Å². The summed E-state index contributed by atoms with van der Waals surface area (Å²) in [6.45, 7) is 0. The molecule has 0 unspecified atom stereocenters. The van der Waals surface area contributed by atoms with Gasteiger partial charge in [0.15, 0.2) is 0 Å². The quantitative estimate of drug-likeness (QED) is 0.748. The number of amides is 2. The van der Waals surface area contributed by atoms with Gasteiger partial charge in [-0.3, -0.25) is 0 Å². The van der Waals surface area contributed by atoms with Gasteiger partial charge in [0.05, 0.1) is 5.69 Å². The van der Waals surface area contributed by atoms with E-state index in [2.05, 4.69) is 10.6 Å². The maximum absolute atomic E-state index is 13.3. The highest BCUT2D eigenvalue weighted by atomic mass is 32.2. The van der Waals surface area contributed by atoms with Gasteiger partial charge in [0.2, 0.25) is 0 Å². The van der Waals surface area contributed by atoms with E-state index in [1.807, 2.05) is 6.26 Å². The van der Waals surface area contributed by atoms with Gasteiger partial charge in [-0.1, -0.05) is 12.1 Å². The second-order valence-electron chi connectivity index (χ2n) is 3.75. The number of rotatable bonds is 6. The summed E-state index contributed by atoms with van der Waals surface area (Å²) in [5.41, 5.74) is 0.00834. The molecule has 0 radical (unpaired) electrons. The van der Waals surface area contributed by atoms with Gasteiger partial charge in [-0.15, -0.1) is 0 Å². The third-order valence-corrected chi connectivity index (χ3v) is 2.98. The van der Waals surface area contributed by atoms with Gasteiger partial charge in [-0.2, -0.15) is 11.8 Å². The molecule has 0 bridgehead atoms. The maximum atomic E-state index is 13.3. The molecule has 7 heteroatoms. The van der Waals surface area contributed by atoms with Gasteiger partial charge in [-0.05, 0) is 30.6 Å². The van der Waals surface area contributed by atoms with Crippen molar-refractivity contribution in [1.29, 1.82) is 0 Å². The highest BCUT2D eigenvalue weighted by Crippen LogP contribution is 2.12. The van der Waals surface area contributed by atoms with E-state index in [4.69, 9.17) is 5.11 Å². The molecule has 0 saturated heterocycles. The van der Waals surface area contributed by atoms with E-state index >= 15 is 0 Å². The lowest BCUT2D eigenvalue weighted by Gasteiger charge is -2.14. The lowest BCUT2D eigenvalue weighted by molar-refractivity contribution is -0.139. The molecule has 1 aromatic rings. The number of para-hydroxylation sites is 1. The third-order valence-electron chi connectivity index (χ3n) is 2.34. The van der Waals surface area contributed by atoms with Crippen LogP contribution in [-0.4, -0.2) is 35.2 Å². The number of carbonyl (C=O) groups is 2. The first-order valence-corrected chi connectivity index (χ1v) is 6.97. The van der Waals surface area contributed by atoms with Crippen LogP contribution in [0.4, 0.5) is 14.9 Å². The van der Waals surface area contributed by atoms with Crippen LogP contribution in [0.5, 0.6) is 0 Å². The molecule has 0 aliphatic heterocycles. The average molecular weight is 286 g/mol. The lowest BCUT2D eigenvalue weighted by atomic mass is 10.2. The molecule has 3 N–H and O–H groups in total. The van der Waals surface area contributed by atoms with Crippen molar-refractivity contribution in [1.82, 2.24) is 5.32 Å². The highest BCUT2D eigenvalue weighted by Gasteiger charge is 2.19. The molecular weight excluding hydrogens is 271 g/mol. The average Bonchev–Trinajstić information content (AvgIpc) is 2.37. The number of anilines is 1. The van der Waals surface area contributed by atoms with Crippen molar-refractivity contribution in [2.75, 3.05) is 17.3 Å². The molecule has 0 fully saturated rings. The number of carboxylic acid groups (broad SMARTS) is 1. The summed E-state index contributed by atoms with van der Waals surface area (Å²) >= 11 is 1.49. The van der Waals surface area contributed by atoms with Crippen molar-refractivity contribution >= 4 is 29.4 Å². The monoisotopic (exact) mass is 286 g/mol. The maximum Gasteiger partial charge on any atom is 0.326 e. The van der Waals surface area contributed by atoms with E-state index in [1.165, 1.54) is 30.0 Å². The Morgan fingerprint density at radius 1 is 1.42 bits per heavy atom. The molecule has 0 saturated carbocycles. The third kappa shape index (κ3) is 5.17. The highest BCUT2D eigenvalue weighted by molar-refractivity contribution is 7.98. The molecule has 0 aliphatic carbocycles. The van der Waals surface area contributed by atoms with Gasteiger partial charge < -0.3 is 15.7 Å². The molecule has 1 atom stereocenters. The number of hydrogen-bond acceptors (Lipinski definition) is 3. The number of aliphatic carboxylic acids is 1. The smallest absolute Gasteiger partial charge is 0.326 e. The van der Waals surface area contributed by atoms with Crippen LogP contribution in [0.1, 0.15) is 6.42 Å². The SMILES string of the molecule is CSCC[C@H](NC(=O)Nc1ccccc1F)C(=O)O. The van der Waals surface area contributed by atoms with Crippen molar-refractivity contribution in [3.63, 3.8) is 0 Å². The predicted octanol–water partition coefficient (Wildman–Crippen LogP) is 2.15. The van der Waals surface area contributed by atoms with Crippen molar-refractivity contribution in [2.24, 2.45) is 0 Å². The summed E-state index contributed by atoms with van der Waals surface area (Å²) in [6, 6.07) is 3.95. The van der Waals surface area contributed by atoms with Crippen LogP contribution in [0.2, 0.25) is 0 Å². The summed E-state index contributed by atoms with van der Waals surface area (Å²) in [7, 11) is 0. The van der Waals surface area contributed by atoms with E-state index < -0.39 is 23.9 Å². The fourth-order valence-corrected chi connectivity index (χ4v) is 1.84. The molecule has 104 valence electrons. The van der Waals surface area contributed by atoms with Crippen molar-refractivity contribution in [3.05, 3.63) is 30.1 Å². The van der Waals surface area contributed by atoms with E-state index in [-0.39, 0.29) is 5.69 Å². The number of thioether (sulfide) groups is 1. The molecule has 0 heterocycles. The number of carbonyl (C=O) groups excluding carboxylic acids is 1. The number of hydrogen-bond donors (Lipinski definition) is 3. The second-order valence-corrected chi connectivity index (χ2v) is 4.74. The number of nitrogens with one attached hydrogen (secondary N) is 2. The van der Waals surface area contributed by atoms with Crippen LogP contribution in [0.25, 0.3) is 0 Å². The van der Waals surface area contributed by atoms with Crippen LogP contribution < -0.4 is 10.6 Å². The molecular formula is C12H15FN2O3S. The standard InChI is InChI=1S/C12H15FN2O3S/c1-19-7-6-10(11(16)17)15-12(18)14-9-5-3-2-4-8(9)13/h2-5,10H,6-7H2,1H3,(H,16,17)(H2,14,15,18)/t10-/m0/s1. The Kier molecular flexibility index (Phi) is 6.14. The van der Waals surface area contributed by atoms with Gasteiger partial charge in [0, 0.05) is 0 Å².